The molecule has 1 aromatic rings. The molecule has 0 saturated carbocycles. The number of aryl methyl sites for hydroxylation is 2. The lowest BCUT2D eigenvalue weighted by Crippen LogP contribution is -2.30. The highest BCUT2D eigenvalue weighted by molar-refractivity contribution is 7.14. The van der Waals surface area contributed by atoms with Crippen LogP contribution in [0.2, 0.25) is 0 Å². The third kappa shape index (κ3) is 2.83. The molecular formula is C13H17NOS. The highest BCUT2D eigenvalue weighted by Gasteiger charge is 2.16. The van der Waals surface area contributed by atoms with Crippen LogP contribution in [-0.4, -0.2) is 23.9 Å². The van der Waals surface area contributed by atoms with E-state index in [0.29, 0.717) is 13.1 Å². The fourth-order valence-corrected chi connectivity index (χ4v) is 2.39. The van der Waals surface area contributed by atoms with Crippen LogP contribution in [0.3, 0.4) is 0 Å². The molecule has 0 unspecified atom stereocenters. The summed E-state index contributed by atoms with van der Waals surface area (Å²) in [5.41, 5.74) is 1.17. The summed E-state index contributed by atoms with van der Waals surface area (Å²) < 4.78 is 0. The van der Waals surface area contributed by atoms with Gasteiger partial charge in [0.1, 0.15) is 0 Å². The van der Waals surface area contributed by atoms with E-state index in [2.05, 4.69) is 13.2 Å². The molecule has 0 spiro atoms. The average molecular weight is 235 g/mol. The Bertz CT molecular complexity index is 377. The van der Waals surface area contributed by atoms with Crippen molar-refractivity contribution in [3.8, 4) is 0 Å². The summed E-state index contributed by atoms with van der Waals surface area (Å²) in [7, 11) is 0. The minimum Gasteiger partial charge on any atom is -0.331 e. The number of hydrogen-bond acceptors (Lipinski definition) is 2. The second-order valence-corrected chi connectivity index (χ2v) is 4.89. The van der Waals surface area contributed by atoms with Crippen LogP contribution < -0.4 is 0 Å². The zero-order valence-corrected chi connectivity index (χ0v) is 10.6. The Morgan fingerprint density at radius 2 is 1.94 bits per heavy atom. The van der Waals surface area contributed by atoms with Crippen molar-refractivity contribution in [3.05, 3.63) is 46.7 Å². The van der Waals surface area contributed by atoms with Crippen LogP contribution in [0.25, 0.3) is 0 Å². The van der Waals surface area contributed by atoms with Crippen molar-refractivity contribution in [3.63, 3.8) is 0 Å². The standard InChI is InChI=1S/C13H17NOS/c1-5-7-14(8-6-2)13(15)12-9-10(3)11(4)16-12/h5-6,9H,1-2,7-8H2,3-4H3. The Labute approximate surface area is 101 Å². The van der Waals surface area contributed by atoms with Gasteiger partial charge in [-0.15, -0.1) is 24.5 Å². The van der Waals surface area contributed by atoms with Gasteiger partial charge in [0.2, 0.25) is 0 Å². The molecule has 1 heterocycles. The van der Waals surface area contributed by atoms with Crippen LogP contribution in [0.5, 0.6) is 0 Å². The molecule has 0 bridgehead atoms. The summed E-state index contributed by atoms with van der Waals surface area (Å²) in [5.74, 6) is 0.0565. The predicted molar refractivity (Wildman–Crippen MR) is 70.1 cm³/mol. The third-order valence-electron chi connectivity index (χ3n) is 2.36. The zero-order chi connectivity index (χ0) is 12.1. The molecule has 86 valence electrons. The Hall–Kier alpha value is -1.35. The van der Waals surface area contributed by atoms with E-state index in [1.54, 1.807) is 28.4 Å². The molecule has 0 fully saturated rings. The highest BCUT2D eigenvalue weighted by Crippen LogP contribution is 2.22. The van der Waals surface area contributed by atoms with E-state index in [1.165, 1.54) is 10.4 Å². The number of carbonyl (C=O) groups excluding carboxylic acids is 1. The monoisotopic (exact) mass is 235 g/mol. The Morgan fingerprint density at radius 3 is 2.31 bits per heavy atom. The predicted octanol–water partition coefficient (Wildman–Crippen LogP) is 3.18. The SMILES string of the molecule is C=CCN(CC=C)C(=O)c1cc(C)c(C)s1. The fourth-order valence-electron chi connectivity index (χ4n) is 1.39. The molecule has 0 aliphatic carbocycles. The quantitative estimate of drug-likeness (QED) is 0.718. The van der Waals surface area contributed by atoms with E-state index < -0.39 is 0 Å². The van der Waals surface area contributed by atoms with Crippen molar-refractivity contribution < 1.29 is 4.79 Å². The molecule has 0 aliphatic heterocycles. The molecule has 3 heteroatoms. The summed E-state index contributed by atoms with van der Waals surface area (Å²) in [5, 5.41) is 0. The van der Waals surface area contributed by atoms with Gasteiger partial charge in [0.05, 0.1) is 4.88 Å². The maximum absolute atomic E-state index is 12.1. The van der Waals surface area contributed by atoms with Gasteiger partial charge in [-0.05, 0) is 25.5 Å². The van der Waals surface area contributed by atoms with Crippen molar-refractivity contribution in [1.82, 2.24) is 4.90 Å². The van der Waals surface area contributed by atoms with Crippen LogP contribution in [0.15, 0.2) is 31.4 Å². The molecule has 0 aliphatic rings. The van der Waals surface area contributed by atoms with Crippen LogP contribution in [-0.2, 0) is 0 Å². The Kier molecular flexibility index (Phi) is 4.50. The lowest BCUT2D eigenvalue weighted by molar-refractivity contribution is 0.0795. The maximum Gasteiger partial charge on any atom is 0.264 e. The van der Waals surface area contributed by atoms with Crippen molar-refractivity contribution >= 4 is 17.2 Å². The summed E-state index contributed by atoms with van der Waals surface area (Å²) in [6, 6.07) is 1.95. The first kappa shape index (κ1) is 12.7. The first-order valence-corrected chi connectivity index (χ1v) is 6.00. The van der Waals surface area contributed by atoms with Gasteiger partial charge in [-0.1, -0.05) is 12.2 Å². The maximum atomic E-state index is 12.1. The third-order valence-corrected chi connectivity index (χ3v) is 3.50. The van der Waals surface area contributed by atoms with Crippen LogP contribution in [0, 0.1) is 13.8 Å². The molecule has 1 rings (SSSR count). The minimum absolute atomic E-state index is 0.0565. The molecule has 0 radical (unpaired) electrons. The normalized spacial score (nSPS) is 9.88. The van der Waals surface area contributed by atoms with Gasteiger partial charge in [0, 0.05) is 18.0 Å². The fraction of sp³-hybridized carbons (Fsp3) is 0.308. The summed E-state index contributed by atoms with van der Waals surface area (Å²) in [6.07, 6.45) is 3.46. The number of thiophene rings is 1. The first-order valence-electron chi connectivity index (χ1n) is 5.18. The lowest BCUT2D eigenvalue weighted by atomic mass is 10.2. The number of carbonyl (C=O) groups is 1. The van der Waals surface area contributed by atoms with Gasteiger partial charge in [0.15, 0.2) is 0 Å². The second-order valence-electron chi connectivity index (χ2n) is 3.64. The molecule has 0 atom stereocenters. The van der Waals surface area contributed by atoms with E-state index in [9.17, 15) is 4.79 Å². The van der Waals surface area contributed by atoms with E-state index >= 15 is 0 Å². The number of hydrogen-bond donors (Lipinski definition) is 0. The summed E-state index contributed by atoms with van der Waals surface area (Å²) in [6.45, 7) is 12.5. The molecule has 2 nitrogen and oxygen atoms in total. The van der Waals surface area contributed by atoms with Gasteiger partial charge >= 0.3 is 0 Å². The summed E-state index contributed by atoms with van der Waals surface area (Å²) >= 11 is 1.54. The molecular weight excluding hydrogens is 218 g/mol. The molecule has 1 aromatic heterocycles. The minimum atomic E-state index is 0.0565. The first-order chi connectivity index (χ1) is 7.60. The van der Waals surface area contributed by atoms with E-state index in [4.69, 9.17) is 0 Å². The molecule has 1 amide bonds. The van der Waals surface area contributed by atoms with Crippen LogP contribution >= 0.6 is 11.3 Å². The largest absolute Gasteiger partial charge is 0.331 e. The smallest absolute Gasteiger partial charge is 0.264 e. The number of nitrogens with zero attached hydrogens (tertiary/aromatic N) is 1. The van der Waals surface area contributed by atoms with Gasteiger partial charge in [-0.25, -0.2) is 0 Å². The van der Waals surface area contributed by atoms with Gasteiger partial charge in [0.25, 0.3) is 5.91 Å². The lowest BCUT2D eigenvalue weighted by Gasteiger charge is -2.18. The Balaban J connectivity index is 2.88. The van der Waals surface area contributed by atoms with Crippen molar-refractivity contribution in [2.75, 3.05) is 13.1 Å². The van der Waals surface area contributed by atoms with Crippen molar-refractivity contribution in [2.45, 2.75) is 13.8 Å². The average Bonchev–Trinajstić information content (AvgIpc) is 2.58. The van der Waals surface area contributed by atoms with Crippen molar-refractivity contribution in [2.24, 2.45) is 0 Å². The highest BCUT2D eigenvalue weighted by atomic mass is 32.1. The molecule has 16 heavy (non-hydrogen) atoms. The van der Waals surface area contributed by atoms with Crippen LogP contribution in [0.4, 0.5) is 0 Å². The number of amides is 1. The van der Waals surface area contributed by atoms with Gasteiger partial charge in [-0.3, -0.25) is 4.79 Å². The molecule has 0 N–H and O–H groups in total. The number of rotatable bonds is 5. The van der Waals surface area contributed by atoms with Gasteiger partial charge in [-0.2, -0.15) is 0 Å². The van der Waals surface area contributed by atoms with E-state index in [1.807, 2.05) is 19.9 Å². The van der Waals surface area contributed by atoms with Gasteiger partial charge < -0.3 is 4.90 Å². The van der Waals surface area contributed by atoms with Crippen LogP contribution in [0.1, 0.15) is 20.1 Å². The van der Waals surface area contributed by atoms with Crippen molar-refractivity contribution in [1.29, 1.82) is 0 Å². The second kappa shape index (κ2) is 5.66. The topological polar surface area (TPSA) is 20.3 Å². The summed E-state index contributed by atoms with van der Waals surface area (Å²) in [4.78, 5) is 15.8. The molecule has 0 aromatic carbocycles. The Morgan fingerprint density at radius 1 is 1.38 bits per heavy atom. The zero-order valence-electron chi connectivity index (χ0n) is 9.82. The van der Waals surface area contributed by atoms with E-state index in [0.717, 1.165) is 4.88 Å². The molecule has 0 saturated heterocycles. The van der Waals surface area contributed by atoms with E-state index in [-0.39, 0.29) is 5.91 Å².